The number of carbonyl (C=O) groups is 1. The molecule has 1 fully saturated rings. The molecule has 0 radical (unpaired) electrons. The van der Waals surface area contributed by atoms with E-state index in [0.29, 0.717) is 12.6 Å². The van der Waals surface area contributed by atoms with Crippen LogP contribution in [0, 0.1) is 0 Å². The summed E-state index contributed by atoms with van der Waals surface area (Å²) in [7, 11) is 0. The average Bonchev–Trinajstić information content (AvgIpc) is 2.78. The number of carbonyl (C=O) groups excluding carboxylic acids is 1. The Morgan fingerprint density at radius 2 is 1.86 bits per heavy atom. The zero-order valence-corrected chi connectivity index (χ0v) is 16.2. The van der Waals surface area contributed by atoms with Crippen LogP contribution < -0.4 is 5.32 Å². The highest BCUT2D eigenvalue weighted by molar-refractivity contribution is 7.99. The molecular formula is C17H34N2O2S. The number of nitrogens with one attached hydrogen (secondary N) is 1. The summed E-state index contributed by atoms with van der Waals surface area (Å²) in [4.78, 5) is 14.2. The molecule has 1 saturated carbocycles. The zero-order chi connectivity index (χ0) is 17.0. The molecule has 0 spiro atoms. The second-order valence-electron chi connectivity index (χ2n) is 8.12. The maximum atomic E-state index is 12.4. The maximum Gasteiger partial charge on any atom is 0.410 e. The predicted octanol–water partition coefficient (Wildman–Crippen LogP) is 3.90. The van der Waals surface area contributed by atoms with Gasteiger partial charge in [-0.25, -0.2) is 4.79 Å². The molecule has 1 aliphatic carbocycles. The fourth-order valence-electron chi connectivity index (χ4n) is 2.74. The third kappa shape index (κ3) is 6.78. The summed E-state index contributed by atoms with van der Waals surface area (Å²) in [6.45, 7) is 13.4. The molecule has 5 heteroatoms. The van der Waals surface area contributed by atoms with Crippen LogP contribution in [0.25, 0.3) is 0 Å². The lowest BCUT2D eigenvalue weighted by molar-refractivity contribution is 0.00648. The molecule has 1 amide bonds. The molecule has 1 N–H and O–H groups in total. The minimum Gasteiger partial charge on any atom is -0.444 e. The molecule has 0 heterocycles. The van der Waals surface area contributed by atoms with E-state index in [-0.39, 0.29) is 11.6 Å². The molecule has 22 heavy (non-hydrogen) atoms. The molecule has 0 bridgehead atoms. The van der Waals surface area contributed by atoms with Crippen LogP contribution in [-0.2, 0) is 4.74 Å². The van der Waals surface area contributed by atoms with Gasteiger partial charge in [0.05, 0.1) is 0 Å². The van der Waals surface area contributed by atoms with Crippen molar-refractivity contribution in [2.45, 2.75) is 83.2 Å². The van der Waals surface area contributed by atoms with Gasteiger partial charge in [-0.3, -0.25) is 0 Å². The molecule has 4 nitrogen and oxygen atoms in total. The zero-order valence-electron chi connectivity index (χ0n) is 15.4. The second kappa shape index (κ2) is 7.91. The van der Waals surface area contributed by atoms with Gasteiger partial charge >= 0.3 is 6.09 Å². The van der Waals surface area contributed by atoms with E-state index >= 15 is 0 Å². The van der Waals surface area contributed by atoms with Crippen molar-refractivity contribution < 1.29 is 9.53 Å². The first-order valence-corrected chi connectivity index (χ1v) is 9.58. The Bertz CT molecular complexity index is 361. The number of nitrogens with zero attached hydrogens (tertiary/aromatic N) is 1. The lowest BCUT2D eigenvalue weighted by Gasteiger charge is -2.37. The van der Waals surface area contributed by atoms with Gasteiger partial charge in [0.1, 0.15) is 5.60 Å². The van der Waals surface area contributed by atoms with Crippen LogP contribution in [0.1, 0.15) is 60.8 Å². The van der Waals surface area contributed by atoms with Crippen LogP contribution in [0.4, 0.5) is 4.79 Å². The fraction of sp³-hybridized carbons (Fsp3) is 0.941. The van der Waals surface area contributed by atoms with Crippen LogP contribution in [-0.4, -0.2) is 52.8 Å². The van der Waals surface area contributed by atoms with Gasteiger partial charge in [-0.1, -0.05) is 0 Å². The number of amides is 1. The first kappa shape index (κ1) is 19.6. The van der Waals surface area contributed by atoms with Gasteiger partial charge in [0.15, 0.2) is 0 Å². The fourth-order valence-corrected chi connectivity index (χ4v) is 3.53. The second-order valence-corrected chi connectivity index (χ2v) is 9.26. The monoisotopic (exact) mass is 330 g/mol. The van der Waals surface area contributed by atoms with Crippen molar-refractivity contribution in [3.8, 4) is 0 Å². The average molecular weight is 331 g/mol. The maximum absolute atomic E-state index is 12.4. The number of hydrogen-bond acceptors (Lipinski definition) is 4. The normalized spacial score (nSPS) is 22.7. The van der Waals surface area contributed by atoms with E-state index in [1.807, 2.05) is 37.4 Å². The van der Waals surface area contributed by atoms with Crippen molar-refractivity contribution in [3.05, 3.63) is 0 Å². The lowest BCUT2D eigenvalue weighted by atomic mass is 10.1. The molecule has 2 atom stereocenters. The topological polar surface area (TPSA) is 41.6 Å². The first-order chi connectivity index (χ1) is 10.0. The highest BCUT2D eigenvalue weighted by Crippen LogP contribution is 2.28. The Kier molecular flexibility index (Phi) is 7.06. The van der Waals surface area contributed by atoms with E-state index in [1.165, 1.54) is 19.3 Å². The number of rotatable bonds is 5. The van der Waals surface area contributed by atoms with Gasteiger partial charge in [0.2, 0.25) is 0 Å². The van der Waals surface area contributed by atoms with Crippen molar-refractivity contribution in [2.75, 3.05) is 19.3 Å². The van der Waals surface area contributed by atoms with Crippen molar-refractivity contribution in [2.24, 2.45) is 0 Å². The van der Waals surface area contributed by atoms with E-state index in [4.69, 9.17) is 4.74 Å². The first-order valence-electron chi connectivity index (χ1n) is 8.29. The lowest BCUT2D eigenvalue weighted by Crippen LogP contribution is -2.50. The summed E-state index contributed by atoms with van der Waals surface area (Å²) in [5, 5.41) is 4.40. The SMILES string of the molecule is CSC1CCC(NCCN(C(=O)OC(C)(C)C)C(C)(C)C)C1. The van der Waals surface area contributed by atoms with Crippen molar-refractivity contribution in [1.29, 1.82) is 0 Å². The molecule has 1 rings (SSSR count). The Balaban J connectivity index is 2.48. The molecule has 0 aromatic carbocycles. The summed E-state index contributed by atoms with van der Waals surface area (Å²) >= 11 is 1.97. The standard InChI is InChI=1S/C17H34N2O2S/c1-16(2,3)19(15(20)21-17(4,5)6)11-10-18-13-8-9-14(12-13)22-7/h13-14,18H,8-12H2,1-7H3. The highest BCUT2D eigenvalue weighted by Gasteiger charge is 2.31. The summed E-state index contributed by atoms with van der Waals surface area (Å²) in [5.41, 5.74) is -0.688. The Labute approximate surface area is 140 Å². The summed E-state index contributed by atoms with van der Waals surface area (Å²) in [5.74, 6) is 0. The van der Waals surface area contributed by atoms with E-state index in [9.17, 15) is 4.79 Å². The highest BCUT2D eigenvalue weighted by atomic mass is 32.2. The number of hydrogen-bond donors (Lipinski definition) is 1. The summed E-state index contributed by atoms with van der Waals surface area (Å²) in [6, 6.07) is 0.595. The number of thioether (sulfide) groups is 1. The Morgan fingerprint density at radius 3 is 2.32 bits per heavy atom. The molecule has 130 valence electrons. The third-order valence-corrected chi connectivity index (χ3v) is 5.00. The van der Waals surface area contributed by atoms with Crippen molar-refractivity contribution in [3.63, 3.8) is 0 Å². The molecule has 2 unspecified atom stereocenters. The summed E-state index contributed by atoms with van der Waals surface area (Å²) < 4.78 is 5.54. The van der Waals surface area contributed by atoms with Crippen LogP contribution in [0.15, 0.2) is 0 Å². The predicted molar refractivity (Wildman–Crippen MR) is 95.6 cm³/mol. The van der Waals surface area contributed by atoms with Crippen LogP contribution in [0.3, 0.4) is 0 Å². The smallest absolute Gasteiger partial charge is 0.410 e. The van der Waals surface area contributed by atoms with Crippen LogP contribution in [0.2, 0.25) is 0 Å². The van der Waals surface area contributed by atoms with E-state index in [0.717, 1.165) is 11.8 Å². The van der Waals surface area contributed by atoms with Gasteiger partial charge in [-0.05, 0) is 67.1 Å². The van der Waals surface area contributed by atoms with Crippen molar-refractivity contribution in [1.82, 2.24) is 10.2 Å². The van der Waals surface area contributed by atoms with Crippen LogP contribution in [0.5, 0.6) is 0 Å². The van der Waals surface area contributed by atoms with Gasteiger partial charge in [0.25, 0.3) is 0 Å². The molecular weight excluding hydrogens is 296 g/mol. The molecule has 0 aliphatic heterocycles. The van der Waals surface area contributed by atoms with Gasteiger partial charge in [0, 0.05) is 29.9 Å². The molecule has 0 aromatic rings. The van der Waals surface area contributed by atoms with Gasteiger partial charge in [-0.15, -0.1) is 0 Å². The quantitative estimate of drug-likeness (QED) is 0.830. The van der Waals surface area contributed by atoms with E-state index < -0.39 is 5.60 Å². The third-order valence-electron chi connectivity index (χ3n) is 3.91. The molecule has 1 aliphatic rings. The molecule has 0 aromatic heterocycles. The largest absolute Gasteiger partial charge is 0.444 e. The van der Waals surface area contributed by atoms with E-state index in [2.05, 4.69) is 32.3 Å². The molecule has 0 saturated heterocycles. The Morgan fingerprint density at radius 1 is 1.23 bits per heavy atom. The van der Waals surface area contributed by atoms with Crippen molar-refractivity contribution >= 4 is 17.9 Å². The van der Waals surface area contributed by atoms with Gasteiger partial charge < -0.3 is 15.0 Å². The number of ether oxygens (including phenoxy) is 1. The minimum atomic E-state index is -0.453. The summed E-state index contributed by atoms with van der Waals surface area (Å²) in [6.07, 6.45) is 5.75. The van der Waals surface area contributed by atoms with Crippen LogP contribution >= 0.6 is 11.8 Å². The minimum absolute atomic E-state index is 0.227. The Hall–Kier alpha value is -0.420. The van der Waals surface area contributed by atoms with Gasteiger partial charge in [-0.2, -0.15) is 11.8 Å². The van der Waals surface area contributed by atoms with E-state index in [1.54, 1.807) is 0 Å².